The van der Waals surface area contributed by atoms with Crippen LogP contribution in [0.25, 0.3) is 0 Å². The van der Waals surface area contributed by atoms with Crippen molar-refractivity contribution in [1.82, 2.24) is 0 Å². The van der Waals surface area contributed by atoms with Gasteiger partial charge in [-0.25, -0.2) is 8.42 Å². The molecule has 0 saturated carbocycles. The van der Waals surface area contributed by atoms with E-state index in [0.717, 1.165) is 11.8 Å². The topological polar surface area (TPSA) is 153 Å². The smallest absolute Gasteiger partial charge is 0.264 e. The van der Waals surface area contributed by atoms with Crippen LogP contribution in [-0.4, -0.2) is 53.3 Å². The van der Waals surface area contributed by atoms with Gasteiger partial charge in [0.05, 0.1) is 55.0 Å². The number of sulfone groups is 1. The maximum absolute atomic E-state index is 14.5. The second-order valence-electron chi connectivity index (χ2n) is 11.3. The van der Waals surface area contributed by atoms with Gasteiger partial charge in [-0.05, 0) is 35.2 Å². The molecule has 0 unspecified atom stereocenters. The summed E-state index contributed by atoms with van der Waals surface area (Å²) in [6.07, 6.45) is -3.82. The van der Waals surface area contributed by atoms with Crippen LogP contribution in [0.2, 0.25) is 0 Å². The van der Waals surface area contributed by atoms with Crippen LogP contribution in [0.4, 0.5) is 0 Å². The fourth-order valence-electron chi connectivity index (χ4n) is 5.22. The summed E-state index contributed by atoms with van der Waals surface area (Å²) in [5, 5.41) is 18.1. The van der Waals surface area contributed by atoms with Gasteiger partial charge in [0, 0.05) is 0 Å². The highest BCUT2D eigenvalue weighted by molar-refractivity contribution is 7.92. The van der Waals surface area contributed by atoms with E-state index in [1.54, 1.807) is 66.7 Å². The number of hydrogen-bond donors (Lipinski definition) is 0. The van der Waals surface area contributed by atoms with Crippen molar-refractivity contribution in [2.24, 2.45) is 5.92 Å². The standard InChI is InChI=1S/C37H38N2O8S2/c1-48(40,41)47-34(28-44-25-29-14-6-2-7-15-29)36(45-26-30-16-8-3-9-17-30)37(46-27-31-18-10-4-11-19-31)35(22-32(23-38)24-39)49(42,43)33-20-12-5-13-21-33/h2-21,32,34-37H,22,25-28H2,1H3/t34-,35-,36-,37+/m1/s1. The highest BCUT2D eigenvalue weighted by atomic mass is 32.2. The lowest BCUT2D eigenvalue weighted by Crippen LogP contribution is -2.53. The molecule has 0 aliphatic heterocycles. The molecule has 256 valence electrons. The lowest BCUT2D eigenvalue weighted by Gasteiger charge is -2.37. The van der Waals surface area contributed by atoms with Crippen molar-refractivity contribution < 1.29 is 35.2 Å². The van der Waals surface area contributed by atoms with Crippen LogP contribution in [0, 0.1) is 28.6 Å². The monoisotopic (exact) mass is 702 g/mol. The molecule has 0 saturated heterocycles. The average Bonchev–Trinajstić information content (AvgIpc) is 3.11. The minimum atomic E-state index is -4.34. The normalized spacial score (nSPS) is 14.3. The molecule has 49 heavy (non-hydrogen) atoms. The molecule has 0 aromatic heterocycles. The third-order valence-electron chi connectivity index (χ3n) is 7.57. The quantitative estimate of drug-likeness (QED) is 0.113. The average molecular weight is 703 g/mol. The lowest BCUT2D eigenvalue weighted by atomic mass is 9.97. The molecule has 0 fully saturated rings. The van der Waals surface area contributed by atoms with Gasteiger partial charge in [0.15, 0.2) is 9.84 Å². The van der Waals surface area contributed by atoms with E-state index in [9.17, 15) is 27.4 Å². The Labute approximate surface area is 288 Å². The van der Waals surface area contributed by atoms with E-state index < -0.39 is 55.9 Å². The Kier molecular flexibility index (Phi) is 14.0. The number of rotatable bonds is 19. The molecular weight excluding hydrogens is 665 g/mol. The fraction of sp³-hybridized carbons (Fsp3) is 0.297. The molecule has 4 atom stereocenters. The molecule has 12 heteroatoms. The Morgan fingerprint density at radius 1 is 0.612 bits per heavy atom. The fourth-order valence-corrected chi connectivity index (χ4v) is 7.75. The van der Waals surface area contributed by atoms with Crippen molar-refractivity contribution in [2.45, 2.75) is 54.7 Å². The molecule has 0 aliphatic carbocycles. The summed E-state index contributed by atoms with van der Waals surface area (Å²) >= 11 is 0. The van der Waals surface area contributed by atoms with Gasteiger partial charge in [-0.2, -0.15) is 18.9 Å². The van der Waals surface area contributed by atoms with E-state index in [1.165, 1.54) is 12.1 Å². The van der Waals surface area contributed by atoms with Gasteiger partial charge in [-0.3, -0.25) is 4.18 Å². The summed E-state index contributed by atoms with van der Waals surface area (Å²) in [6.45, 7) is -0.401. The third-order valence-corrected chi connectivity index (χ3v) is 10.4. The number of nitrogens with zero attached hydrogens (tertiary/aromatic N) is 2. The van der Waals surface area contributed by atoms with Crippen molar-refractivity contribution >= 4 is 20.0 Å². The molecule has 4 aromatic rings. The molecule has 0 N–H and O–H groups in total. The van der Waals surface area contributed by atoms with Crippen molar-refractivity contribution in [3.8, 4) is 12.1 Å². The third kappa shape index (κ3) is 11.6. The van der Waals surface area contributed by atoms with E-state index in [2.05, 4.69) is 0 Å². The highest BCUT2D eigenvalue weighted by Crippen LogP contribution is 2.31. The molecule has 0 heterocycles. The maximum atomic E-state index is 14.5. The van der Waals surface area contributed by atoms with Gasteiger partial charge in [0.25, 0.3) is 10.1 Å². The Balaban J connectivity index is 1.85. The van der Waals surface area contributed by atoms with Crippen molar-refractivity contribution in [3.05, 3.63) is 138 Å². The van der Waals surface area contributed by atoms with Crippen LogP contribution < -0.4 is 0 Å². The summed E-state index contributed by atoms with van der Waals surface area (Å²) in [7, 11) is -8.50. The Morgan fingerprint density at radius 3 is 1.49 bits per heavy atom. The van der Waals surface area contributed by atoms with Crippen molar-refractivity contribution in [1.29, 1.82) is 10.5 Å². The van der Waals surface area contributed by atoms with E-state index in [-0.39, 0.29) is 31.3 Å². The zero-order chi connectivity index (χ0) is 35.1. The van der Waals surface area contributed by atoms with Crippen molar-refractivity contribution in [2.75, 3.05) is 12.9 Å². The van der Waals surface area contributed by atoms with Gasteiger partial charge in [-0.15, -0.1) is 0 Å². The predicted molar refractivity (Wildman–Crippen MR) is 183 cm³/mol. The Hall–Kier alpha value is -4.40. The molecule has 0 radical (unpaired) electrons. The second-order valence-corrected chi connectivity index (χ2v) is 15.1. The van der Waals surface area contributed by atoms with Crippen LogP contribution in [0.5, 0.6) is 0 Å². The van der Waals surface area contributed by atoms with Crippen LogP contribution in [0.1, 0.15) is 23.1 Å². The van der Waals surface area contributed by atoms with Gasteiger partial charge in [0.2, 0.25) is 0 Å². The van der Waals surface area contributed by atoms with Crippen LogP contribution in [0.3, 0.4) is 0 Å². The van der Waals surface area contributed by atoms with Gasteiger partial charge >= 0.3 is 0 Å². The van der Waals surface area contributed by atoms with Crippen LogP contribution in [0.15, 0.2) is 126 Å². The second kappa shape index (κ2) is 18.4. The minimum Gasteiger partial charge on any atom is -0.374 e. The van der Waals surface area contributed by atoms with Gasteiger partial charge in [0.1, 0.15) is 24.2 Å². The summed E-state index contributed by atoms with van der Waals surface area (Å²) in [5.41, 5.74) is 2.23. The minimum absolute atomic E-state index is 0.0642. The maximum Gasteiger partial charge on any atom is 0.264 e. The lowest BCUT2D eigenvalue weighted by molar-refractivity contribution is -0.140. The molecule has 0 spiro atoms. The summed E-state index contributed by atoms with van der Waals surface area (Å²) < 4.78 is 78.9. The van der Waals surface area contributed by atoms with E-state index in [4.69, 9.17) is 18.4 Å². The first-order valence-electron chi connectivity index (χ1n) is 15.5. The van der Waals surface area contributed by atoms with Crippen molar-refractivity contribution in [3.63, 3.8) is 0 Å². The Bertz CT molecular complexity index is 1870. The number of benzene rings is 4. The van der Waals surface area contributed by atoms with Crippen LogP contribution in [-0.2, 0) is 58.2 Å². The Morgan fingerprint density at radius 2 is 1.04 bits per heavy atom. The van der Waals surface area contributed by atoms with Crippen LogP contribution >= 0.6 is 0 Å². The van der Waals surface area contributed by atoms with E-state index in [0.29, 0.717) is 11.1 Å². The van der Waals surface area contributed by atoms with Gasteiger partial charge < -0.3 is 14.2 Å². The summed E-state index contributed by atoms with van der Waals surface area (Å²) in [4.78, 5) is -0.0642. The number of ether oxygens (including phenoxy) is 3. The first-order valence-corrected chi connectivity index (χ1v) is 18.9. The molecule has 4 aromatic carbocycles. The SMILES string of the molecule is CS(=O)(=O)O[C@H](COCc1ccccc1)[C@@H](OCc1ccccc1)[C@@H](OCc1ccccc1)[C@@H](CC(C#N)C#N)S(=O)(=O)c1ccccc1. The first-order chi connectivity index (χ1) is 23.6. The van der Waals surface area contributed by atoms with E-state index >= 15 is 0 Å². The first kappa shape index (κ1) is 37.4. The zero-order valence-corrected chi connectivity index (χ0v) is 28.6. The molecule has 4 rings (SSSR count). The molecular formula is C37H38N2O8S2. The highest BCUT2D eigenvalue weighted by Gasteiger charge is 2.46. The number of hydrogen-bond acceptors (Lipinski definition) is 10. The molecule has 0 bridgehead atoms. The number of nitriles is 2. The molecule has 10 nitrogen and oxygen atoms in total. The zero-order valence-electron chi connectivity index (χ0n) is 26.9. The predicted octanol–water partition coefficient (Wildman–Crippen LogP) is 5.61. The van der Waals surface area contributed by atoms with Gasteiger partial charge in [-0.1, -0.05) is 109 Å². The molecule has 0 amide bonds. The van der Waals surface area contributed by atoms with E-state index in [1.807, 2.05) is 54.6 Å². The molecule has 0 aliphatic rings. The summed E-state index contributed by atoms with van der Waals surface area (Å²) in [5.74, 6) is -1.34. The summed E-state index contributed by atoms with van der Waals surface area (Å²) in [6, 6.07) is 38.6. The largest absolute Gasteiger partial charge is 0.374 e.